The maximum atomic E-state index is 13.0. The highest BCUT2D eigenvalue weighted by atomic mass is 16.5. The third kappa shape index (κ3) is 2.97. The molecule has 2 aliphatic rings. The van der Waals surface area contributed by atoms with Crippen molar-refractivity contribution in [3.8, 4) is 0 Å². The standard InChI is InChI=1S/C17H24N2O2/c1-12-10-19(11-14(9-18)21-12)17(20)16-8-4-6-13-5-2-3-7-15(13)16/h2-3,5,7,12,14,16H,4,6,8-11,18H2,1H3. The Morgan fingerprint density at radius 2 is 2.19 bits per heavy atom. The van der Waals surface area contributed by atoms with Crippen LogP contribution in [0.25, 0.3) is 0 Å². The van der Waals surface area contributed by atoms with Crippen LogP contribution in [-0.2, 0) is 16.0 Å². The van der Waals surface area contributed by atoms with E-state index in [0.29, 0.717) is 19.6 Å². The molecule has 4 nitrogen and oxygen atoms in total. The van der Waals surface area contributed by atoms with Gasteiger partial charge in [-0.1, -0.05) is 24.3 Å². The Bertz CT molecular complexity index is 517. The molecule has 114 valence electrons. The van der Waals surface area contributed by atoms with E-state index in [4.69, 9.17) is 10.5 Å². The minimum absolute atomic E-state index is 0.0127. The second kappa shape index (κ2) is 6.16. The van der Waals surface area contributed by atoms with Gasteiger partial charge in [-0.05, 0) is 37.3 Å². The molecule has 3 unspecified atom stereocenters. The summed E-state index contributed by atoms with van der Waals surface area (Å²) in [6, 6.07) is 8.36. The summed E-state index contributed by atoms with van der Waals surface area (Å²) in [6.45, 7) is 3.78. The average Bonchev–Trinajstić information content (AvgIpc) is 2.53. The van der Waals surface area contributed by atoms with Crippen molar-refractivity contribution in [2.24, 2.45) is 5.73 Å². The molecule has 0 bridgehead atoms. The van der Waals surface area contributed by atoms with E-state index < -0.39 is 0 Å². The fourth-order valence-electron chi connectivity index (χ4n) is 3.59. The molecule has 1 saturated heterocycles. The number of hydrogen-bond donors (Lipinski definition) is 1. The molecule has 1 aliphatic heterocycles. The van der Waals surface area contributed by atoms with Crippen LogP contribution in [0.4, 0.5) is 0 Å². The fourth-order valence-corrected chi connectivity index (χ4v) is 3.59. The number of carbonyl (C=O) groups is 1. The van der Waals surface area contributed by atoms with Crippen molar-refractivity contribution < 1.29 is 9.53 Å². The van der Waals surface area contributed by atoms with E-state index in [1.54, 1.807) is 0 Å². The molecule has 1 amide bonds. The van der Waals surface area contributed by atoms with Crippen LogP contribution in [0.2, 0.25) is 0 Å². The number of nitrogens with two attached hydrogens (primary N) is 1. The summed E-state index contributed by atoms with van der Waals surface area (Å²) >= 11 is 0. The summed E-state index contributed by atoms with van der Waals surface area (Å²) < 4.78 is 5.75. The second-order valence-corrected chi connectivity index (χ2v) is 6.19. The average molecular weight is 288 g/mol. The summed E-state index contributed by atoms with van der Waals surface area (Å²) in [5, 5.41) is 0. The van der Waals surface area contributed by atoms with Crippen LogP contribution in [0.5, 0.6) is 0 Å². The van der Waals surface area contributed by atoms with Crippen molar-refractivity contribution in [2.45, 2.75) is 44.3 Å². The highest BCUT2D eigenvalue weighted by Crippen LogP contribution is 2.33. The van der Waals surface area contributed by atoms with Gasteiger partial charge >= 0.3 is 0 Å². The largest absolute Gasteiger partial charge is 0.370 e. The quantitative estimate of drug-likeness (QED) is 0.901. The number of fused-ring (bicyclic) bond motifs is 1. The Labute approximate surface area is 126 Å². The minimum atomic E-state index is -0.0310. The SMILES string of the molecule is CC1CN(C(=O)C2CCCc3ccccc32)CC(CN)O1. The number of amides is 1. The zero-order chi connectivity index (χ0) is 14.8. The molecular weight excluding hydrogens is 264 g/mol. The van der Waals surface area contributed by atoms with Gasteiger partial charge in [-0.15, -0.1) is 0 Å². The lowest BCUT2D eigenvalue weighted by Gasteiger charge is -2.39. The van der Waals surface area contributed by atoms with Crippen LogP contribution < -0.4 is 5.73 Å². The lowest BCUT2D eigenvalue weighted by atomic mass is 9.82. The van der Waals surface area contributed by atoms with E-state index in [9.17, 15) is 4.79 Å². The predicted molar refractivity (Wildman–Crippen MR) is 82.1 cm³/mol. The van der Waals surface area contributed by atoms with E-state index in [0.717, 1.165) is 19.3 Å². The Morgan fingerprint density at radius 3 is 3.00 bits per heavy atom. The molecule has 21 heavy (non-hydrogen) atoms. The summed E-state index contributed by atoms with van der Waals surface area (Å²) in [5.41, 5.74) is 8.27. The van der Waals surface area contributed by atoms with Gasteiger partial charge in [-0.25, -0.2) is 0 Å². The number of nitrogens with zero attached hydrogens (tertiary/aromatic N) is 1. The first-order valence-corrected chi connectivity index (χ1v) is 7.91. The van der Waals surface area contributed by atoms with Gasteiger partial charge in [0, 0.05) is 19.6 Å². The zero-order valence-electron chi connectivity index (χ0n) is 12.6. The number of carbonyl (C=O) groups excluding carboxylic acids is 1. The first-order chi connectivity index (χ1) is 10.2. The van der Waals surface area contributed by atoms with Crippen LogP contribution in [0.3, 0.4) is 0 Å². The number of hydrogen-bond acceptors (Lipinski definition) is 3. The molecule has 2 N–H and O–H groups in total. The molecule has 1 aromatic carbocycles. The van der Waals surface area contributed by atoms with E-state index in [1.807, 2.05) is 17.9 Å². The third-order valence-electron chi connectivity index (χ3n) is 4.57. The third-order valence-corrected chi connectivity index (χ3v) is 4.57. The number of rotatable bonds is 2. The van der Waals surface area contributed by atoms with Gasteiger partial charge in [-0.2, -0.15) is 0 Å². The summed E-state index contributed by atoms with van der Waals surface area (Å²) in [6.07, 6.45) is 3.17. The summed E-state index contributed by atoms with van der Waals surface area (Å²) in [4.78, 5) is 14.9. The van der Waals surface area contributed by atoms with Crippen molar-refractivity contribution in [3.63, 3.8) is 0 Å². The van der Waals surface area contributed by atoms with Crippen molar-refractivity contribution in [1.29, 1.82) is 0 Å². The molecule has 3 atom stereocenters. The van der Waals surface area contributed by atoms with Gasteiger partial charge in [0.1, 0.15) is 0 Å². The Hall–Kier alpha value is -1.39. The van der Waals surface area contributed by atoms with Crippen molar-refractivity contribution in [1.82, 2.24) is 4.90 Å². The topological polar surface area (TPSA) is 55.6 Å². The smallest absolute Gasteiger partial charge is 0.230 e. The Balaban J connectivity index is 1.79. The van der Waals surface area contributed by atoms with Crippen molar-refractivity contribution in [2.75, 3.05) is 19.6 Å². The van der Waals surface area contributed by atoms with E-state index in [-0.39, 0.29) is 24.0 Å². The van der Waals surface area contributed by atoms with Gasteiger partial charge in [0.2, 0.25) is 5.91 Å². The van der Waals surface area contributed by atoms with Gasteiger partial charge in [0.05, 0.1) is 18.1 Å². The molecule has 0 spiro atoms. The highest BCUT2D eigenvalue weighted by molar-refractivity contribution is 5.84. The normalized spacial score (nSPS) is 29.0. The number of benzene rings is 1. The van der Waals surface area contributed by atoms with Gasteiger partial charge in [0.15, 0.2) is 0 Å². The summed E-state index contributed by atoms with van der Waals surface area (Å²) in [7, 11) is 0. The lowest BCUT2D eigenvalue weighted by molar-refractivity contribution is -0.145. The van der Waals surface area contributed by atoms with Crippen LogP contribution in [-0.4, -0.2) is 42.6 Å². The molecule has 1 aromatic rings. The van der Waals surface area contributed by atoms with Gasteiger partial charge in [0.25, 0.3) is 0 Å². The fraction of sp³-hybridized carbons (Fsp3) is 0.588. The number of ether oxygens (including phenoxy) is 1. The van der Waals surface area contributed by atoms with Gasteiger partial charge in [-0.3, -0.25) is 4.79 Å². The first kappa shape index (κ1) is 14.5. The molecule has 1 fully saturated rings. The molecule has 4 heteroatoms. The molecule has 3 rings (SSSR count). The molecule has 0 aromatic heterocycles. The second-order valence-electron chi connectivity index (χ2n) is 6.19. The lowest BCUT2D eigenvalue weighted by Crippen LogP contribution is -2.52. The van der Waals surface area contributed by atoms with Crippen LogP contribution in [0, 0.1) is 0 Å². The van der Waals surface area contributed by atoms with Crippen LogP contribution in [0.1, 0.15) is 36.8 Å². The highest BCUT2D eigenvalue weighted by Gasteiger charge is 2.34. The molecule has 1 aliphatic carbocycles. The van der Waals surface area contributed by atoms with E-state index in [2.05, 4.69) is 18.2 Å². The monoisotopic (exact) mass is 288 g/mol. The minimum Gasteiger partial charge on any atom is -0.370 e. The van der Waals surface area contributed by atoms with Crippen molar-refractivity contribution >= 4 is 5.91 Å². The van der Waals surface area contributed by atoms with E-state index >= 15 is 0 Å². The number of morpholine rings is 1. The molecule has 0 saturated carbocycles. The molecular formula is C17H24N2O2. The zero-order valence-corrected chi connectivity index (χ0v) is 12.6. The van der Waals surface area contributed by atoms with Crippen LogP contribution >= 0.6 is 0 Å². The number of aryl methyl sites for hydroxylation is 1. The first-order valence-electron chi connectivity index (χ1n) is 7.91. The van der Waals surface area contributed by atoms with E-state index in [1.165, 1.54) is 11.1 Å². The summed E-state index contributed by atoms with van der Waals surface area (Å²) in [5.74, 6) is 0.259. The maximum Gasteiger partial charge on any atom is 0.230 e. The van der Waals surface area contributed by atoms with Gasteiger partial charge < -0.3 is 15.4 Å². The van der Waals surface area contributed by atoms with Crippen molar-refractivity contribution in [3.05, 3.63) is 35.4 Å². The predicted octanol–water partition coefficient (Wildman–Crippen LogP) is 1.68. The Kier molecular flexibility index (Phi) is 4.27. The maximum absolute atomic E-state index is 13.0. The molecule has 0 radical (unpaired) electrons. The van der Waals surface area contributed by atoms with Crippen LogP contribution in [0.15, 0.2) is 24.3 Å². The molecule has 1 heterocycles. The Morgan fingerprint density at radius 1 is 1.38 bits per heavy atom.